The van der Waals surface area contributed by atoms with Gasteiger partial charge in [-0.2, -0.15) is 4.68 Å². The topological polar surface area (TPSA) is 98.0 Å². The van der Waals surface area contributed by atoms with Gasteiger partial charge in [0.05, 0.1) is 11.4 Å². The van der Waals surface area contributed by atoms with Crippen LogP contribution in [-0.4, -0.2) is 40.7 Å². The van der Waals surface area contributed by atoms with Gasteiger partial charge in [0.2, 0.25) is 0 Å². The van der Waals surface area contributed by atoms with Crippen LogP contribution in [0.1, 0.15) is 30.3 Å². The Bertz CT molecular complexity index is 694. The van der Waals surface area contributed by atoms with Gasteiger partial charge in [0.15, 0.2) is 5.82 Å². The van der Waals surface area contributed by atoms with Gasteiger partial charge in [0.1, 0.15) is 5.25 Å². The van der Waals surface area contributed by atoms with Crippen molar-refractivity contribution in [3.8, 4) is 5.69 Å². The Morgan fingerprint density at radius 3 is 2.55 bits per heavy atom. The van der Waals surface area contributed by atoms with E-state index < -0.39 is 22.0 Å². The van der Waals surface area contributed by atoms with E-state index in [2.05, 4.69) is 15.5 Å². The van der Waals surface area contributed by atoms with Crippen LogP contribution in [0, 0.1) is 13.8 Å². The Kier molecular flexibility index (Phi) is 5.02. The molecule has 0 aliphatic rings. The monoisotopic (exact) mass is 322 g/mol. The molecule has 0 aliphatic carbocycles. The van der Waals surface area contributed by atoms with Crippen LogP contribution in [-0.2, 0) is 21.3 Å². The van der Waals surface area contributed by atoms with Gasteiger partial charge >= 0.3 is 5.97 Å². The Labute approximate surface area is 130 Å². The molecule has 1 aromatic carbocycles. The highest BCUT2D eigenvalue weighted by molar-refractivity contribution is 7.85. The van der Waals surface area contributed by atoms with Crippen molar-refractivity contribution in [3.05, 3.63) is 35.2 Å². The molecule has 0 spiro atoms. The van der Waals surface area contributed by atoms with E-state index in [0.717, 1.165) is 16.8 Å². The third-order valence-corrected chi connectivity index (χ3v) is 5.13. The molecule has 22 heavy (non-hydrogen) atoms. The van der Waals surface area contributed by atoms with Crippen molar-refractivity contribution in [2.24, 2.45) is 0 Å². The Hall–Kier alpha value is -2.09. The molecule has 1 aromatic heterocycles. The summed E-state index contributed by atoms with van der Waals surface area (Å²) in [4.78, 5) is 11.1. The third-order valence-electron chi connectivity index (χ3n) is 3.42. The molecule has 2 rings (SSSR count). The second kappa shape index (κ2) is 6.78. The number of nitrogens with zero attached hydrogens (tertiary/aromatic N) is 4. The lowest BCUT2D eigenvalue weighted by molar-refractivity contribution is -0.136. The summed E-state index contributed by atoms with van der Waals surface area (Å²) in [5.74, 6) is -0.659. The van der Waals surface area contributed by atoms with Gasteiger partial charge in [-0.25, -0.2) is 0 Å². The number of benzene rings is 1. The minimum Gasteiger partial charge on any atom is -0.480 e. The smallest absolute Gasteiger partial charge is 0.319 e. The molecular formula is C14H18N4O3S. The van der Waals surface area contributed by atoms with Crippen molar-refractivity contribution >= 4 is 16.8 Å². The van der Waals surface area contributed by atoms with Crippen LogP contribution < -0.4 is 0 Å². The zero-order valence-electron chi connectivity index (χ0n) is 12.7. The van der Waals surface area contributed by atoms with E-state index in [4.69, 9.17) is 5.11 Å². The summed E-state index contributed by atoms with van der Waals surface area (Å²) in [7, 11) is -1.58. The molecule has 0 radical (unpaired) electrons. The van der Waals surface area contributed by atoms with Gasteiger partial charge in [-0.3, -0.25) is 9.00 Å². The number of aliphatic carboxylic acids is 1. The maximum Gasteiger partial charge on any atom is 0.319 e. The third kappa shape index (κ3) is 3.22. The molecule has 0 aliphatic heterocycles. The first-order valence-electron chi connectivity index (χ1n) is 6.89. The summed E-state index contributed by atoms with van der Waals surface area (Å²) in [6.07, 6.45) is 0.299. The fourth-order valence-corrected chi connectivity index (χ4v) is 3.54. The van der Waals surface area contributed by atoms with Gasteiger partial charge in [0.25, 0.3) is 0 Å². The maximum absolute atomic E-state index is 12.3. The highest BCUT2D eigenvalue weighted by Crippen LogP contribution is 2.19. The summed E-state index contributed by atoms with van der Waals surface area (Å²) in [5, 5.41) is 19.7. The normalized spacial score (nSPS) is 13.8. The fraction of sp³-hybridized carbons (Fsp3) is 0.429. The number of rotatable bonds is 6. The van der Waals surface area contributed by atoms with E-state index in [1.54, 1.807) is 6.92 Å². The molecule has 0 saturated heterocycles. The number of aryl methyl sites for hydroxylation is 2. The summed E-state index contributed by atoms with van der Waals surface area (Å²) >= 11 is 0. The number of hydrogen-bond donors (Lipinski definition) is 1. The van der Waals surface area contributed by atoms with Crippen molar-refractivity contribution in [1.82, 2.24) is 20.2 Å². The molecule has 118 valence electrons. The minimum absolute atomic E-state index is 0.00554. The zero-order valence-corrected chi connectivity index (χ0v) is 13.5. The molecule has 0 saturated carbocycles. The second-order valence-electron chi connectivity index (χ2n) is 5.01. The van der Waals surface area contributed by atoms with E-state index in [1.165, 1.54) is 4.68 Å². The van der Waals surface area contributed by atoms with Gasteiger partial charge in [-0.05, 0) is 41.8 Å². The van der Waals surface area contributed by atoms with Crippen LogP contribution in [0.3, 0.4) is 0 Å². The Morgan fingerprint density at radius 2 is 2.00 bits per heavy atom. The zero-order chi connectivity index (χ0) is 16.3. The lowest BCUT2D eigenvalue weighted by atomic mass is 10.1. The second-order valence-corrected chi connectivity index (χ2v) is 6.63. The first kappa shape index (κ1) is 16.3. The van der Waals surface area contributed by atoms with Gasteiger partial charge in [-0.15, -0.1) is 5.10 Å². The van der Waals surface area contributed by atoms with E-state index in [1.807, 2.05) is 32.0 Å². The summed E-state index contributed by atoms with van der Waals surface area (Å²) in [6.45, 7) is 5.58. The molecule has 2 aromatic rings. The number of hydrogen-bond acceptors (Lipinski definition) is 5. The van der Waals surface area contributed by atoms with Crippen molar-refractivity contribution in [2.75, 3.05) is 0 Å². The summed E-state index contributed by atoms with van der Waals surface area (Å²) in [5.41, 5.74) is 2.82. The van der Waals surface area contributed by atoms with E-state index >= 15 is 0 Å². The van der Waals surface area contributed by atoms with Crippen molar-refractivity contribution in [3.63, 3.8) is 0 Å². The van der Waals surface area contributed by atoms with Crippen LogP contribution >= 0.6 is 0 Å². The first-order chi connectivity index (χ1) is 10.5. The average molecular weight is 322 g/mol. The van der Waals surface area contributed by atoms with E-state index in [9.17, 15) is 9.00 Å². The molecule has 8 heteroatoms. The molecule has 7 nitrogen and oxygen atoms in total. The molecule has 1 heterocycles. The first-order valence-corrected chi connectivity index (χ1v) is 8.27. The standard InChI is InChI=1S/C14H18N4O3S/c1-4-11(14(19)20)22(21)8-12-15-16-17-18(12)13-9(2)6-5-7-10(13)3/h5-7,11H,4,8H2,1-3H3,(H,19,20)/t11-,22+/m0/s1. The van der Waals surface area contributed by atoms with E-state index in [0.29, 0.717) is 12.2 Å². The molecule has 0 bridgehead atoms. The van der Waals surface area contributed by atoms with Crippen molar-refractivity contribution < 1.29 is 14.1 Å². The predicted octanol–water partition coefficient (Wildman–Crippen LogP) is 1.39. The highest BCUT2D eigenvalue weighted by atomic mass is 32.2. The van der Waals surface area contributed by atoms with Crippen molar-refractivity contribution in [2.45, 2.75) is 38.2 Å². The van der Waals surface area contributed by atoms with Gasteiger partial charge in [-0.1, -0.05) is 25.1 Å². The Balaban J connectivity index is 2.35. The highest BCUT2D eigenvalue weighted by Gasteiger charge is 2.25. The fourth-order valence-electron chi connectivity index (χ4n) is 2.31. The van der Waals surface area contributed by atoms with Crippen LogP contribution in [0.4, 0.5) is 0 Å². The number of para-hydroxylation sites is 1. The molecule has 0 fully saturated rings. The number of tetrazole rings is 1. The van der Waals surface area contributed by atoms with Crippen LogP contribution in [0.15, 0.2) is 18.2 Å². The quantitative estimate of drug-likeness (QED) is 0.863. The average Bonchev–Trinajstić information content (AvgIpc) is 2.87. The summed E-state index contributed by atoms with van der Waals surface area (Å²) in [6, 6.07) is 5.82. The number of carboxylic acid groups (broad SMARTS) is 1. The summed E-state index contributed by atoms with van der Waals surface area (Å²) < 4.78 is 13.8. The molecular weight excluding hydrogens is 304 g/mol. The Morgan fingerprint density at radius 1 is 1.36 bits per heavy atom. The van der Waals surface area contributed by atoms with E-state index in [-0.39, 0.29) is 5.75 Å². The number of carbonyl (C=O) groups is 1. The number of aromatic nitrogens is 4. The van der Waals surface area contributed by atoms with Gasteiger partial charge in [0, 0.05) is 10.8 Å². The number of carboxylic acids is 1. The lowest BCUT2D eigenvalue weighted by Gasteiger charge is -2.12. The van der Waals surface area contributed by atoms with Crippen LogP contribution in [0.2, 0.25) is 0 Å². The molecule has 2 atom stereocenters. The van der Waals surface area contributed by atoms with Gasteiger partial charge < -0.3 is 5.11 Å². The van der Waals surface area contributed by atoms with Crippen molar-refractivity contribution in [1.29, 1.82) is 0 Å². The lowest BCUT2D eigenvalue weighted by Crippen LogP contribution is -2.26. The van der Waals surface area contributed by atoms with Crippen LogP contribution in [0.5, 0.6) is 0 Å². The SMILES string of the molecule is CC[C@@H](C(=O)O)[S@](=O)Cc1nnnn1-c1c(C)cccc1C. The molecule has 0 unspecified atom stereocenters. The largest absolute Gasteiger partial charge is 0.480 e. The predicted molar refractivity (Wildman–Crippen MR) is 82.2 cm³/mol. The van der Waals surface area contributed by atoms with Crippen LogP contribution in [0.25, 0.3) is 5.69 Å². The maximum atomic E-state index is 12.3. The molecule has 0 amide bonds. The molecule has 1 N–H and O–H groups in total. The minimum atomic E-state index is -1.58.